The van der Waals surface area contributed by atoms with Gasteiger partial charge in [-0.2, -0.15) is 0 Å². The van der Waals surface area contributed by atoms with Crippen LogP contribution in [0.5, 0.6) is 5.75 Å². The summed E-state index contributed by atoms with van der Waals surface area (Å²) >= 11 is 0. The lowest BCUT2D eigenvalue weighted by molar-refractivity contribution is 0.413. The van der Waals surface area contributed by atoms with E-state index in [0.717, 1.165) is 16.9 Å². The first-order chi connectivity index (χ1) is 6.69. The zero-order valence-corrected chi connectivity index (χ0v) is 9.00. The van der Waals surface area contributed by atoms with Crippen LogP contribution in [-0.2, 0) is 0 Å². The Balaban J connectivity index is 3.20. The van der Waals surface area contributed by atoms with Crippen LogP contribution >= 0.6 is 0 Å². The molecule has 0 bridgehead atoms. The van der Waals surface area contributed by atoms with Crippen LogP contribution in [0.3, 0.4) is 0 Å². The summed E-state index contributed by atoms with van der Waals surface area (Å²) < 4.78 is 5.32. The maximum atomic E-state index is 5.32. The van der Waals surface area contributed by atoms with E-state index >= 15 is 0 Å². The molecule has 0 aromatic heterocycles. The lowest BCUT2D eigenvalue weighted by atomic mass is 10.0. The molecular formula is C13H16O. The van der Waals surface area contributed by atoms with Gasteiger partial charge in [0.15, 0.2) is 0 Å². The van der Waals surface area contributed by atoms with Crippen molar-refractivity contribution in [3.05, 3.63) is 48.1 Å². The Morgan fingerprint density at radius 2 is 2.14 bits per heavy atom. The highest BCUT2D eigenvalue weighted by atomic mass is 16.5. The van der Waals surface area contributed by atoms with E-state index in [9.17, 15) is 0 Å². The highest BCUT2D eigenvalue weighted by molar-refractivity contribution is 5.70. The summed E-state index contributed by atoms with van der Waals surface area (Å²) in [5, 5.41) is 0. The Bertz CT molecular complexity index is 361. The highest BCUT2D eigenvalue weighted by Gasteiger charge is 2.03. The van der Waals surface area contributed by atoms with E-state index in [4.69, 9.17) is 4.74 Å². The molecule has 1 heteroatoms. The molecule has 0 aliphatic heterocycles. The summed E-state index contributed by atoms with van der Waals surface area (Å²) in [7, 11) is 1.69. The molecule has 0 unspecified atom stereocenters. The fraction of sp³-hybridized carbons (Fsp3) is 0.231. The Labute approximate surface area is 85.7 Å². The lowest BCUT2D eigenvalue weighted by Gasteiger charge is -2.09. The standard InChI is InChI=1S/C13H16O/c1-5-6-11(3)12-8-7-10(2)9-13(12)14-4/h5-9H,1H2,2-4H3/b11-6+. The third-order valence-corrected chi connectivity index (χ3v) is 2.15. The summed E-state index contributed by atoms with van der Waals surface area (Å²) in [6, 6.07) is 6.19. The second-order valence-corrected chi connectivity index (χ2v) is 3.29. The van der Waals surface area contributed by atoms with Gasteiger partial charge in [0.05, 0.1) is 7.11 Å². The molecular weight excluding hydrogens is 172 g/mol. The molecule has 0 N–H and O–H groups in total. The van der Waals surface area contributed by atoms with Gasteiger partial charge in [-0.3, -0.25) is 0 Å². The van der Waals surface area contributed by atoms with Crippen LogP contribution in [0.4, 0.5) is 0 Å². The van der Waals surface area contributed by atoms with Gasteiger partial charge in [0.2, 0.25) is 0 Å². The van der Waals surface area contributed by atoms with E-state index in [0.29, 0.717) is 0 Å². The molecule has 14 heavy (non-hydrogen) atoms. The molecule has 1 aromatic rings. The lowest BCUT2D eigenvalue weighted by Crippen LogP contribution is -1.90. The summed E-state index contributed by atoms with van der Waals surface area (Å²) in [5.74, 6) is 0.917. The first-order valence-electron chi connectivity index (χ1n) is 4.63. The number of benzene rings is 1. The van der Waals surface area contributed by atoms with Crippen LogP contribution in [0.1, 0.15) is 18.1 Å². The summed E-state index contributed by atoms with van der Waals surface area (Å²) in [6.45, 7) is 7.79. The van der Waals surface area contributed by atoms with Gasteiger partial charge in [-0.05, 0) is 31.1 Å². The largest absolute Gasteiger partial charge is 0.496 e. The Hall–Kier alpha value is -1.50. The van der Waals surface area contributed by atoms with Gasteiger partial charge in [0.1, 0.15) is 5.75 Å². The van der Waals surface area contributed by atoms with Crippen molar-refractivity contribution in [1.29, 1.82) is 0 Å². The molecule has 0 heterocycles. The van der Waals surface area contributed by atoms with Crippen LogP contribution in [0.25, 0.3) is 5.57 Å². The van der Waals surface area contributed by atoms with E-state index in [1.165, 1.54) is 5.56 Å². The predicted octanol–water partition coefficient (Wildman–Crippen LogP) is 3.59. The van der Waals surface area contributed by atoms with Crippen molar-refractivity contribution in [3.8, 4) is 5.75 Å². The summed E-state index contributed by atoms with van der Waals surface area (Å²) in [5.41, 5.74) is 3.49. The first-order valence-corrected chi connectivity index (χ1v) is 4.63. The normalized spacial score (nSPS) is 11.2. The highest BCUT2D eigenvalue weighted by Crippen LogP contribution is 2.26. The molecule has 0 saturated heterocycles. The monoisotopic (exact) mass is 188 g/mol. The minimum Gasteiger partial charge on any atom is -0.496 e. The SMILES string of the molecule is C=C/C=C(\C)c1ccc(C)cc1OC. The average molecular weight is 188 g/mol. The van der Waals surface area contributed by atoms with Gasteiger partial charge in [0, 0.05) is 5.56 Å². The number of hydrogen-bond donors (Lipinski definition) is 0. The van der Waals surface area contributed by atoms with Crippen molar-refractivity contribution in [2.75, 3.05) is 7.11 Å². The number of allylic oxidation sites excluding steroid dienone is 3. The topological polar surface area (TPSA) is 9.23 Å². The first kappa shape index (κ1) is 10.6. The average Bonchev–Trinajstić information content (AvgIpc) is 2.17. The Kier molecular flexibility index (Phi) is 3.52. The molecule has 0 atom stereocenters. The van der Waals surface area contributed by atoms with Crippen molar-refractivity contribution < 1.29 is 4.74 Å². The molecule has 0 radical (unpaired) electrons. The maximum Gasteiger partial charge on any atom is 0.126 e. The van der Waals surface area contributed by atoms with Gasteiger partial charge in [-0.1, -0.05) is 30.9 Å². The van der Waals surface area contributed by atoms with Crippen LogP contribution in [0.2, 0.25) is 0 Å². The van der Waals surface area contributed by atoms with Crippen LogP contribution in [0.15, 0.2) is 36.9 Å². The van der Waals surface area contributed by atoms with Gasteiger partial charge in [0.25, 0.3) is 0 Å². The second-order valence-electron chi connectivity index (χ2n) is 3.29. The van der Waals surface area contributed by atoms with Crippen molar-refractivity contribution in [1.82, 2.24) is 0 Å². The molecule has 0 fully saturated rings. The Morgan fingerprint density at radius 3 is 2.71 bits per heavy atom. The smallest absolute Gasteiger partial charge is 0.126 e. The van der Waals surface area contributed by atoms with Crippen molar-refractivity contribution in [2.24, 2.45) is 0 Å². The zero-order chi connectivity index (χ0) is 10.6. The van der Waals surface area contributed by atoms with Gasteiger partial charge >= 0.3 is 0 Å². The van der Waals surface area contributed by atoms with E-state index in [1.54, 1.807) is 13.2 Å². The van der Waals surface area contributed by atoms with Gasteiger partial charge in [-0.15, -0.1) is 0 Å². The Morgan fingerprint density at radius 1 is 1.43 bits per heavy atom. The quantitative estimate of drug-likeness (QED) is 0.659. The molecule has 1 aromatic carbocycles. The third-order valence-electron chi connectivity index (χ3n) is 2.15. The number of aryl methyl sites for hydroxylation is 1. The van der Waals surface area contributed by atoms with E-state index in [2.05, 4.69) is 32.6 Å². The maximum absolute atomic E-state index is 5.32. The minimum atomic E-state index is 0.917. The molecule has 0 saturated carbocycles. The fourth-order valence-electron chi connectivity index (χ4n) is 1.39. The molecule has 0 amide bonds. The van der Waals surface area contributed by atoms with E-state index in [1.807, 2.05) is 12.1 Å². The summed E-state index contributed by atoms with van der Waals surface area (Å²) in [4.78, 5) is 0. The van der Waals surface area contributed by atoms with Crippen molar-refractivity contribution in [3.63, 3.8) is 0 Å². The van der Waals surface area contributed by atoms with Gasteiger partial charge < -0.3 is 4.74 Å². The number of rotatable bonds is 3. The van der Waals surface area contributed by atoms with Crippen molar-refractivity contribution >= 4 is 5.57 Å². The number of methoxy groups -OCH3 is 1. The van der Waals surface area contributed by atoms with E-state index < -0.39 is 0 Å². The summed E-state index contributed by atoms with van der Waals surface area (Å²) in [6.07, 6.45) is 3.77. The minimum absolute atomic E-state index is 0.917. The molecule has 0 aliphatic carbocycles. The number of hydrogen-bond acceptors (Lipinski definition) is 1. The molecule has 74 valence electrons. The number of ether oxygens (including phenoxy) is 1. The third kappa shape index (κ3) is 2.25. The van der Waals surface area contributed by atoms with E-state index in [-0.39, 0.29) is 0 Å². The van der Waals surface area contributed by atoms with Gasteiger partial charge in [-0.25, -0.2) is 0 Å². The fourth-order valence-corrected chi connectivity index (χ4v) is 1.39. The molecule has 0 spiro atoms. The van der Waals surface area contributed by atoms with Crippen LogP contribution in [-0.4, -0.2) is 7.11 Å². The predicted molar refractivity (Wildman–Crippen MR) is 61.6 cm³/mol. The molecule has 0 aliphatic rings. The zero-order valence-electron chi connectivity index (χ0n) is 9.00. The second kappa shape index (κ2) is 4.66. The molecule has 1 rings (SSSR count). The van der Waals surface area contributed by atoms with Crippen LogP contribution in [0, 0.1) is 6.92 Å². The van der Waals surface area contributed by atoms with Crippen molar-refractivity contribution in [2.45, 2.75) is 13.8 Å². The molecule has 1 nitrogen and oxygen atoms in total. The van der Waals surface area contributed by atoms with Crippen LogP contribution < -0.4 is 4.74 Å².